The van der Waals surface area contributed by atoms with E-state index in [4.69, 9.17) is 10.8 Å². The standard InChI is InChI=1S/C12H11N3O3S/c1-6-14-10(5-19-6)11(16)15-9-3-2-7(12(17)18)4-8(9)13/h2-5H,13H2,1H3,(H,15,16)(H,17,18). The van der Waals surface area contributed by atoms with Crippen LogP contribution in [0, 0.1) is 6.92 Å². The first-order chi connectivity index (χ1) is 8.97. The number of aromatic nitrogens is 1. The molecule has 1 aromatic heterocycles. The predicted molar refractivity (Wildman–Crippen MR) is 72.6 cm³/mol. The third kappa shape index (κ3) is 2.89. The number of hydrogen-bond acceptors (Lipinski definition) is 5. The van der Waals surface area contributed by atoms with Gasteiger partial charge < -0.3 is 16.2 Å². The number of thiazole rings is 1. The Morgan fingerprint density at radius 2 is 2.16 bits per heavy atom. The van der Waals surface area contributed by atoms with Crippen LogP contribution in [-0.2, 0) is 0 Å². The number of anilines is 2. The highest BCUT2D eigenvalue weighted by atomic mass is 32.1. The van der Waals surface area contributed by atoms with Crippen molar-refractivity contribution in [1.29, 1.82) is 0 Å². The summed E-state index contributed by atoms with van der Waals surface area (Å²) in [6, 6.07) is 4.13. The number of benzene rings is 1. The van der Waals surface area contributed by atoms with E-state index in [2.05, 4.69) is 10.3 Å². The second kappa shape index (κ2) is 5.07. The van der Waals surface area contributed by atoms with Gasteiger partial charge in [-0.15, -0.1) is 11.3 Å². The van der Waals surface area contributed by atoms with Crippen molar-refractivity contribution in [3.63, 3.8) is 0 Å². The summed E-state index contributed by atoms with van der Waals surface area (Å²) in [4.78, 5) is 26.7. The van der Waals surface area contributed by atoms with Gasteiger partial charge in [-0.3, -0.25) is 4.79 Å². The van der Waals surface area contributed by atoms with Gasteiger partial charge in [0.15, 0.2) is 0 Å². The highest BCUT2D eigenvalue weighted by Crippen LogP contribution is 2.21. The highest BCUT2D eigenvalue weighted by molar-refractivity contribution is 7.09. The van der Waals surface area contributed by atoms with E-state index in [0.717, 1.165) is 5.01 Å². The molecule has 0 saturated carbocycles. The molecule has 1 aromatic carbocycles. The number of aromatic carboxylic acids is 1. The monoisotopic (exact) mass is 277 g/mol. The van der Waals surface area contributed by atoms with Gasteiger partial charge in [-0.1, -0.05) is 0 Å². The summed E-state index contributed by atoms with van der Waals surface area (Å²) in [5.74, 6) is -1.45. The summed E-state index contributed by atoms with van der Waals surface area (Å²) in [5.41, 5.74) is 6.63. The van der Waals surface area contributed by atoms with E-state index in [-0.39, 0.29) is 17.2 Å². The zero-order valence-electron chi connectivity index (χ0n) is 10.0. The quantitative estimate of drug-likeness (QED) is 0.744. The van der Waals surface area contributed by atoms with Crippen molar-refractivity contribution in [2.24, 2.45) is 0 Å². The Bertz CT molecular complexity index is 651. The highest BCUT2D eigenvalue weighted by Gasteiger charge is 2.12. The summed E-state index contributed by atoms with van der Waals surface area (Å²) in [7, 11) is 0. The second-order valence-electron chi connectivity index (χ2n) is 3.81. The SMILES string of the molecule is Cc1nc(C(=O)Nc2ccc(C(=O)O)cc2N)cs1. The summed E-state index contributed by atoms with van der Waals surface area (Å²) < 4.78 is 0. The molecule has 1 amide bonds. The fourth-order valence-corrected chi connectivity index (χ4v) is 2.06. The topological polar surface area (TPSA) is 105 Å². The van der Waals surface area contributed by atoms with Crippen LogP contribution in [0.5, 0.6) is 0 Å². The molecule has 0 radical (unpaired) electrons. The molecule has 19 heavy (non-hydrogen) atoms. The van der Waals surface area contributed by atoms with E-state index in [1.807, 2.05) is 0 Å². The molecule has 1 heterocycles. The van der Waals surface area contributed by atoms with Crippen molar-refractivity contribution >= 4 is 34.6 Å². The largest absolute Gasteiger partial charge is 0.478 e. The van der Waals surface area contributed by atoms with Crippen molar-refractivity contribution in [3.05, 3.63) is 39.8 Å². The third-order valence-electron chi connectivity index (χ3n) is 2.40. The summed E-state index contributed by atoms with van der Waals surface area (Å²) in [6.45, 7) is 1.80. The van der Waals surface area contributed by atoms with Crippen LogP contribution >= 0.6 is 11.3 Å². The number of rotatable bonds is 3. The number of aryl methyl sites for hydroxylation is 1. The number of carbonyl (C=O) groups is 2. The molecule has 2 aromatic rings. The normalized spacial score (nSPS) is 10.2. The van der Waals surface area contributed by atoms with Gasteiger partial charge in [-0.2, -0.15) is 0 Å². The molecular weight excluding hydrogens is 266 g/mol. The Hall–Kier alpha value is -2.41. The van der Waals surface area contributed by atoms with Crippen LogP contribution in [0.1, 0.15) is 25.9 Å². The minimum Gasteiger partial charge on any atom is -0.478 e. The smallest absolute Gasteiger partial charge is 0.335 e. The van der Waals surface area contributed by atoms with E-state index in [1.165, 1.54) is 29.5 Å². The lowest BCUT2D eigenvalue weighted by molar-refractivity contribution is 0.0697. The molecule has 0 spiro atoms. The predicted octanol–water partition coefficient (Wildman–Crippen LogP) is 1.98. The first-order valence-electron chi connectivity index (χ1n) is 5.33. The lowest BCUT2D eigenvalue weighted by atomic mass is 10.1. The number of nitrogens with one attached hydrogen (secondary N) is 1. The minimum atomic E-state index is -1.07. The fraction of sp³-hybridized carbons (Fsp3) is 0.0833. The van der Waals surface area contributed by atoms with E-state index in [0.29, 0.717) is 11.4 Å². The van der Waals surface area contributed by atoms with Crippen molar-refractivity contribution in [2.75, 3.05) is 11.1 Å². The van der Waals surface area contributed by atoms with Gasteiger partial charge in [-0.05, 0) is 25.1 Å². The molecule has 0 aliphatic heterocycles. The molecular formula is C12H11N3O3S. The molecule has 0 aliphatic rings. The van der Waals surface area contributed by atoms with E-state index >= 15 is 0 Å². The Labute approximate surface area is 112 Å². The average molecular weight is 277 g/mol. The van der Waals surface area contributed by atoms with Crippen molar-refractivity contribution in [1.82, 2.24) is 4.98 Å². The maximum atomic E-state index is 11.9. The average Bonchev–Trinajstić information content (AvgIpc) is 2.78. The molecule has 4 N–H and O–H groups in total. The molecule has 2 rings (SSSR count). The maximum Gasteiger partial charge on any atom is 0.335 e. The van der Waals surface area contributed by atoms with Crippen LogP contribution in [0.3, 0.4) is 0 Å². The molecule has 98 valence electrons. The van der Waals surface area contributed by atoms with Crippen molar-refractivity contribution < 1.29 is 14.7 Å². The van der Waals surface area contributed by atoms with Gasteiger partial charge >= 0.3 is 5.97 Å². The number of nitrogen functional groups attached to an aromatic ring is 1. The molecule has 7 heteroatoms. The number of nitrogens with zero attached hydrogens (tertiary/aromatic N) is 1. The lowest BCUT2D eigenvalue weighted by Crippen LogP contribution is -2.14. The van der Waals surface area contributed by atoms with Gasteiger partial charge in [-0.25, -0.2) is 9.78 Å². The lowest BCUT2D eigenvalue weighted by Gasteiger charge is -2.07. The third-order valence-corrected chi connectivity index (χ3v) is 3.17. The molecule has 0 unspecified atom stereocenters. The molecule has 0 atom stereocenters. The first-order valence-corrected chi connectivity index (χ1v) is 6.21. The number of nitrogens with two attached hydrogens (primary N) is 1. The van der Waals surface area contributed by atoms with Crippen molar-refractivity contribution in [2.45, 2.75) is 6.92 Å². The fourth-order valence-electron chi connectivity index (χ4n) is 1.46. The summed E-state index contributed by atoms with van der Waals surface area (Å²) in [6.07, 6.45) is 0. The molecule has 0 bridgehead atoms. The van der Waals surface area contributed by atoms with Gasteiger partial charge in [0.05, 0.1) is 21.9 Å². The number of carboxylic acid groups (broad SMARTS) is 1. The molecule has 0 aliphatic carbocycles. The van der Waals surface area contributed by atoms with Crippen LogP contribution in [0.25, 0.3) is 0 Å². The first kappa shape index (κ1) is 13.0. The zero-order chi connectivity index (χ0) is 14.0. The Morgan fingerprint density at radius 3 is 2.68 bits per heavy atom. The molecule has 6 nitrogen and oxygen atoms in total. The van der Waals surface area contributed by atoms with E-state index < -0.39 is 5.97 Å². The van der Waals surface area contributed by atoms with Crippen LogP contribution in [0.4, 0.5) is 11.4 Å². The molecule has 0 fully saturated rings. The van der Waals surface area contributed by atoms with Crippen LogP contribution in [-0.4, -0.2) is 22.0 Å². The van der Waals surface area contributed by atoms with Gasteiger partial charge in [0.2, 0.25) is 0 Å². The molecule has 0 saturated heterocycles. The van der Waals surface area contributed by atoms with Crippen LogP contribution < -0.4 is 11.1 Å². The Balaban J connectivity index is 2.20. The maximum absolute atomic E-state index is 11.9. The van der Waals surface area contributed by atoms with Gasteiger partial charge in [0.1, 0.15) is 5.69 Å². The second-order valence-corrected chi connectivity index (χ2v) is 4.88. The zero-order valence-corrected chi connectivity index (χ0v) is 10.8. The Kier molecular flexibility index (Phi) is 3.48. The van der Waals surface area contributed by atoms with E-state index in [9.17, 15) is 9.59 Å². The number of carboxylic acids is 1. The van der Waals surface area contributed by atoms with Crippen LogP contribution in [0.2, 0.25) is 0 Å². The number of hydrogen-bond donors (Lipinski definition) is 3. The minimum absolute atomic E-state index is 0.0694. The van der Waals surface area contributed by atoms with Crippen molar-refractivity contribution in [3.8, 4) is 0 Å². The summed E-state index contributed by atoms with van der Waals surface area (Å²) >= 11 is 1.37. The van der Waals surface area contributed by atoms with Gasteiger partial charge in [0.25, 0.3) is 5.91 Å². The number of amides is 1. The summed E-state index contributed by atoms with van der Waals surface area (Å²) in [5, 5.41) is 13.8. The van der Waals surface area contributed by atoms with E-state index in [1.54, 1.807) is 12.3 Å². The number of carbonyl (C=O) groups excluding carboxylic acids is 1. The van der Waals surface area contributed by atoms with Crippen LogP contribution in [0.15, 0.2) is 23.6 Å². The van der Waals surface area contributed by atoms with Gasteiger partial charge in [0, 0.05) is 5.38 Å². The Morgan fingerprint density at radius 1 is 1.42 bits per heavy atom.